The minimum absolute atomic E-state index is 0.147. The first-order valence-corrected chi connectivity index (χ1v) is 8.71. The lowest BCUT2D eigenvalue weighted by molar-refractivity contribution is 0.412. The predicted octanol–water partition coefficient (Wildman–Crippen LogP) is 5.64. The van der Waals surface area contributed by atoms with Gasteiger partial charge in [-0.05, 0) is 41.7 Å². The van der Waals surface area contributed by atoms with E-state index in [4.69, 9.17) is 4.74 Å². The van der Waals surface area contributed by atoms with Crippen LogP contribution in [-0.4, -0.2) is 7.11 Å². The van der Waals surface area contributed by atoms with E-state index in [1.165, 1.54) is 27.8 Å². The van der Waals surface area contributed by atoms with Crippen molar-refractivity contribution in [1.82, 2.24) is 0 Å². The Bertz CT molecular complexity index is 868. The van der Waals surface area contributed by atoms with Gasteiger partial charge in [-0.1, -0.05) is 78.9 Å². The molecule has 0 saturated carbocycles. The van der Waals surface area contributed by atoms with E-state index in [1.54, 1.807) is 7.11 Å². The highest BCUT2D eigenvalue weighted by Crippen LogP contribution is 2.46. The van der Waals surface area contributed by atoms with Gasteiger partial charge in [-0.3, -0.25) is 0 Å². The molecule has 0 unspecified atom stereocenters. The Morgan fingerprint density at radius 1 is 0.760 bits per heavy atom. The predicted molar refractivity (Wildman–Crippen MR) is 104 cm³/mol. The van der Waals surface area contributed by atoms with Crippen LogP contribution >= 0.6 is 0 Å². The smallest absolute Gasteiger partial charge is 0.126 e. The van der Waals surface area contributed by atoms with Gasteiger partial charge in [-0.25, -0.2) is 0 Å². The zero-order chi connectivity index (χ0) is 17.3. The molecule has 0 fully saturated rings. The Balaban J connectivity index is 1.98. The number of fused-ring (bicyclic) bond motifs is 1. The molecule has 1 aliphatic rings. The zero-order valence-corrected chi connectivity index (χ0v) is 14.7. The topological polar surface area (TPSA) is 9.23 Å². The summed E-state index contributed by atoms with van der Waals surface area (Å²) in [5.74, 6) is 0.959. The number of rotatable bonds is 3. The maximum atomic E-state index is 5.62. The first-order valence-electron chi connectivity index (χ1n) is 8.71. The summed E-state index contributed by atoms with van der Waals surface area (Å²) in [6.07, 6.45) is 3.35. The van der Waals surface area contributed by atoms with E-state index in [9.17, 15) is 0 Å². The molecule has 3 aromatic carbocycles. The van der Waals surface area contributed by atoms with Crippen molar-refractivity contribution in [3.63, 3.8) is 0 Å². The third-order valence-corrected chi connectivity index (χ3v) is 5.24. The number of hydrogen-bond acceptors (Lipinski definition) is 1. The average Bonchev–Trinajstić information content (AvgIpc) is 2.68. The van der Waals surface area contributed by atoms with Crippen molar-refractivity contribution in [1.29, 1.82) is 0 Å². The van der Waals surface area contributed by atoms with Crippen LogP contribution in [0.25, 0.3) is 5.57 Å². The third-order valence-electron chi connectivity index (χ3n) is 5.24. The SMILES string of the molecule is COc1cccc2c1C(C)=CC(c1ccccc1)(c1ccccc1)C2. The molecule has 0 N–H and O–H groups in total. The van der Waals surface area contributed by atoms with Crippen molar-refractivity contribution in [2.75, 3.05) is 7.11 Å². The van der Waals surface area contributed by atoms with Crippen LogP contribution in [-0.2, 0) is 11.8 Å². The second kappa shape index (κ2) is 6.25. The monoisotopic (exact) mass is 326 g/mol. The van der Waals surface area contributed by atoms with E-state index < -0.39 is 0 Å². The fourth-order valence-corrected chi connectivity index (χ4v) is 4.14. The molecule has 0 bridgehead atoms. The molecule has 4 rings (SSSR count). The third kappa shape index (κ3) is 2.56. The van der Waals surface area contributed by atoms with Crippen molar-refractivity contribution in [3.05, 3.63) is 107 Å². The van der Waals surface area contributed by atoms with Crippen molar-refractivity contribution < 1.29 is 4.74 Å². The number of ether oxygens (including phenoxy) is 1. The molecule has 0 spiro atoms. The van der Waals surface area contributed by atoms with Gasteiger partial charge in [0.25, 0.3) is 0 Å². The summed E-state index contributed by atoms with van der Waals surface area (Å²) in [5.41, 5.74) is 6.36. The van der Waals surface area contributed by atoms with Crippen molar-refractivity contribution in [2.45, 2.75) is 18.8 Å². The molecule has 0 radical (unpaired) electrons. The van der Waals surface area contributed by atoms with Crippen molar-refractivity contribution >= 4 is 5.57 Å². The Morgan fingerprint density at radius 2 is 1.36 bits per heavy atom. The van der Waals surface area contributed by atoms with Gasteiger partial charge < -0.3 is 4.74 Å². The molecule has 0 aromatic heterocycles. The highest BCUT2D eigenvalue weighted by atomic mass is 16.5. The Labute approximate surface area is 149 Å². The highest BCUT2D eigenvalue weighted by Gasteiger charge is 2.36. The average molecular weight is 326 g/mol. The van der Waals surface area contributed by atoms with Gasteiger partial charge in [0.15, 0.2) is 0 Å². The summed E-state index contributed by atoms with van der Waals surface area (Å²) in [7, 11) is 1.75. The van der Waals surface area contributed by atoms with Gasteiger partial charge in [-0.2, -0.15) is 0 Å². The second-order valence-electron chi connectivity index (χ2n) is 6.70. The lowest BCUT2D eigenvalue weighted by atomic mass is 9.65. The summed E-state index contributed by atoms with van der Waals surface area (Å²) in [5, 5.41) is 0. The van der Waals surface area contributed by atoms with Gasteiger partial charge in [-0.15, -0.1) is 0 Å². The molecule has 1 heteroatoms. The first kappa shape index (κ1) is 15.7. The van der Waals surface area contributed by atoms with E-state index in [1.807, 2.05) is 6.07 Å². The molecule has 25 heavy (non-hydrogen) atoms. The molecule has 0 atom stereocenters. The van der Waals surface area contributed by atoms with Crippen LogP contribution in [0.2, 0.25) is 0 Å². The number of benzene rings is 3. The minimum Gasteiger partial charge on any atom is -0.496 e. The van der Waals surface area contributed by atoms with Gasteiger partial charge in [0.2, 0.25) is 0 Å². The minimum atomic E-state index is -0.147. The summed E-state index contributed by atoms with van der Waals surface area (Å²) in [6.45, 7) is 2.20. The fraction of sp³-hybridized carbons (Fsp3) is 0.167. The van der Waals surface area contributed by atoms with Gasteiger partial charge in [0, 0.05) is 11.0 Å². The van der Waals surface area contributed by atoms with E-state index in [-0.39, 0.29) is 5.41 Å². The highest BCUT2D eigenvalue weighted by molar-refractivity contribution is 5.77. The number of allylic oxidation sites excluding steroid dienone is 2. The van der Waals surface area contributed by atoms with Crippen molar-refractivity contribution in [3.8, 4) is 5.75 Å². The van der Waals surface area contributed by atoms with Crippen LogP contribution in [0.1, 0.15) is 29.2 Å². The Hall–Kier alpha value is -2.80. The van der Waals surface area contributed by atoms with E-state index in [0.29, 0.717) is 0 Å². The standard InChI is InChI=1S/C24H22O/c1-18-16-24(20-11-5-3-6-12-20,21-13-7-4-8-14-21)17-19-10-9-15-22(25-2)23(18)19/h3-16H,17H2,1-2H3. The quantitative estimate of drug-likeness (QED) is 0.605. The molecule has 0 heterocycles. The zero-order valence-electron chi connectivity index (χ0n) is 14.7. The number of hydrogen-bond donors (Lipinski definition) is 0. The molecule has 124 valence electrons. The van der Waals surface area contributed by atoms with Gasteiger partial charge in [0.05, 0.1) is 7.11 Å². The van der Waals surface area contributed by atoms with E-state index in [0.717, 1.165) is 12.2 Å². The second-order valence-corrected chi connectivity index (χ2v) is 6.70. The molecule has 0 saturated heterocycles. The fourth-order valence-electron chi connectivity index (χ4n) is 4.14. The van der Waals surface area contributed by atoms with Crippen LogP contribution < -0.4 is 4.74 Å². The lowest BCUT2D eigenvalue weighted by Crippen LogP contribution is -2.31. The van der Waals surface area contributed by atoms with Gasteiger partial charge >= 0.3 is 0 Å². The van der Waals surface area contributed by atoms with Crippen LogP contribution in [0.4, 0.5) is 0 Å². The normalized spacial score (nSPS) is 15.2. The largest absolute Gasteiger partial charge is 0.496 e. The summed E-state index contributed by atoms with van der Waals surface area (Å²) >= 11 is 0. The van der Waals surface area contributed by atoms with E-state index in [2.05, 4.69) is 85.8 Å². The molecular formula is C24H22O. The first-order chi connectivity index (χ1) is 12.2. The summed E-state index contributed by atoms with van der Waals surface area (Å²) < 4.78 is 5.62. The molecule has 1 aliphatic carbocycles. The maximum Gasteiger partial charge on any atom is 0.126 e. The van der Waals surface area contributed by atoms with Crippen LogP contribution in [0.15, 0.2) is 84.9 Å². The molecule has 0 aliphatic heterocycles. The van der Waals surface area contributed by atoms with Crippen LogP contribution in [0.3, 0.4) is 0 Å². The van der Waals surface area contributed by atoms with Crippen LogP contribution in [0.5, 0.6) is 5.75 Å². The Morgan fingerprint density at radius 3 is 1.92 bits per heavy atom. The number of methoxy groups -OCH3 is 1. The maximum absolute atomic E-state index is 5.62. The molecule has 1 nitrogen and oxygen atoms in total. The molecular weight excluding hydrogens is 304 g/mol. The van der Waals surface area contributed by atoms with Gasteiger partial charge in [0.1, 0.15) is 5.75 Å². The molecule has 0 amide bonds. The van der Waals surface area contributed by atoms with E-state index >= 15 is 0 Å². The summed E-state index contributed by atoms with van der Waals surface area (Å²) in [4.78, 5) is 0. The summed E-state index contributed by atoms with van der Waals surface area (Å²) in [6, 6.07) is 28.0. The lowest BCUT2D eigenvalue weighted by Gasteiger charge is -2.37. The van der Waals surface area contributed by atoms with Crippen molar-refractivity contribution in [2.24, 2.45) is 0 Å². The Kier molecular flexibility index (Phi) is 3.93. The van der Waals surface area contributed by atoms with Crippen LogP contribution in [0, 0.1) is 0 Å². The molecule has 3 aromatic rings.